The van der Waals surface area contributed by atoms with E-state index < -0.39 is 7.26 Å². The molecule has 3 heteroatoms. The van der Waals surface area contributed by atoms with E-state index in [4.69, 9.17) is 9.47 Å². The monoisotopic (exact) mass is 475 g/mol. The highest BCUT2D eigenvalue weighted by molar-refractivity contribution is 7.95. The van der Waals surface area contributed by atoms with Gasteiger partial charge in [-0.3, -0.25) is 0 Å². The molecule has 0 saturated heterocycles. The Bertz CT molecular complexity index is 840. The van der Waals surface area contributed by atoms with Gasteiger partial charge in [0.05, 0.1) is 6.16 Å². The summed E-state index contributed by atoms with van der Waals surface area (Å²) in [7, 11) is 1.72. The van der Waals surface area contributed by atoms with Crippen LogP contribution in [0.25, 0.3) is 0 Å². The van der Waals surface area contributed by atoms with E-state index in [0.29, 0.717) is 0 Å². The highest BCUT2D eigenvalue weighted by Crippen LogP contribution is 2.55. The molecule has 0 radical (unpaired) electrons. The maximum Gasteiger partial charge on any atom is 0.156 e. The molecule has 34 heavy (non-hydrogen) atoms. The molecular weight excluding hydrogens is 435 g/mol. The average molecular weight is 476 g/mol. The second-order valence-electron chi connectivity index (χ2n) is 8.69. The van der Waals surface area contributed by atoms with Gasteiger partial charge in [-0.15, -0.1) is 0 Å². The molecular formula is C31H40O2P+. The SMILES string of the molecule is COC(CCCCCC=CCCC[P+](c1ccccc1)(c1ccccc1)c1ccccc1)OC. The van der Waals surface area contributed by atoms with E-state index in [1.807, 2.05) is 0 Å². The molecule has 180 valence electrons. The summed E-state index contributed by atoms with van der Waals surface area (Å²) >= 11 is 0. The van der Waals surface area contributed by atoms with Crippen LogP contribution < -0.4 is 15.9 Å². The molecule has 0 aliphatic carbocycles. The van der Waals surface area contributed by atoms with Crippen LogP contribution in [0.3, 0.4) is 0 Å². The number of unbranched alkanes of at least 4 members (excludes halogenated alkanes) is 4. The standard InChI is InChI=1S/C31H40O2P/c1-32-31(33-2)26-18-7-5-3-4-6-8-19-27-34(28-20-12-9-13-21-28,29-22-14-10-15-23-29)30-24-16-11-17-25-30/h4,6,9-17,20-25,31H,3,5,7-8,18-19,26-27H2,1-2H3/q+1. The summed E-state index contributed by atoms with van der Waals surface area (Å²) in [5, 5.41) is 4.42. The topological polar surface area (TPSA) is 18.5 Å². The van der Waals surface area contributed by atoms with Crippen molar-refractivity contribution in [1.29, 1.82) is 0 Å². The van der Waals surface area contributed by atoms with Gasteiger partial charge < -0.3 is 9.47 Å². The highest BCUT2D eigenvalue weighted by atomic mass is 31.2. The molecule has 0 bridgehead atoms. The van der Waals surface area contributed by atoms with Crippen molar-refractivity contribution < 1.29 is 9.47 Å². The molecule has 0 aliphatic heterocycles. The van der Waals surface area contributed by atoms with E-state index in [0.717, 1.165) is 25.7 Å². The van der Waals surface area contributed by atoms with Gasteiger partial charge in [-0.25, -0.2) is 0 Å². The number of hydrogen-bond acceptors (Lipinski definition) is 2. The predicted molar refractivity (Wildman–Crippen MR) is 149 cm³/mol. The molecule has 0 spiro atoms. The zero-order chi connectivity index (χ0) is 23.9. The quantitative estimate of drug-likeness (QED) is 0.103. The summed E-state index contributed by atoms with van der Waals surface area (Å²) in [5.74, 6) is 0. The van der Waals surface area contributed by atoms with Crippen LogP contribution in [0.1, 0.15) is 44.9 Å². The van der Waals surface area contributed by atoms with E-state index in [1.54, 1.807) is 14.2 Å². The lowest BCUT2D eigenvalue weighted by atomic mass is 10.1. The zero-order valence-corrected chi connectivity index (χ0v) is 21.7. The van der Waals surface area contributed by atoms with E-state index >= 15 is 0 Å². The van der Waals surface area contributed by atoms with Gasteiger partial charge in [-0.05, 0) is 74.9 Å². The maximum atomic E-state index is 5.26. The Morgan fingerprint density at radius 2 is 1.03 bits per heavy atom. The van der Waals surface area contributed by atoms with Crippen molar-refractivity contribution in [3.05, 3.63) is 103 Å². The highest BCUT2D eigenvalue weighted by Gasteiger charge is 2.44. The molecule has 3 aromatic carbocycles. The molecule has 0 saturated carbocycles. The summed E-state index contributed by atoms with van der Waals surface area (Å²) in [6.45, 7) is 0. The third kappa shape index (κ3) is 7.37. The Hall–Kier alpha value is -2.25. The first-order valence-corrected chi connectivity index (χ1v) is 14.5. The minimum Gasteiger partial charge on any atom is -0.356 e. The van der Waals surface area contributed by atoms with Crippen LogP contribution in [0, 0.1) is 0 Å². The summed E-state index contributed by atoms with van der Waals surface area (Å²) in [5.41, 5.74) is 0. The van der Waals surface area contributed by atoms with Crippen molar-refractivity contribution in [1.82, 2.24) is 0 Å². The van der Waals surface area contributed by atoms with Gasteiger partial charge in [-0.2, -0.15) is 0 Å². The third-order valence-corrected chi connectivity index (χ3v) is 11.0. The van der Waals surface area contributed by atoms with E-state index in [1.165, 1.54) is 41.3 Å². The lowest BCUT2D eigenvalue weighted by molar-refractivity contribution is -0.107. The maximum absolute atomic E-state index is 5.26. The molecule has 0 aliphatic rings. The Labute approximate surface area is 207 Å². The first kappa shape index (κ1) is 26.4. The third-order valence-electron chi connectivity index (χ3n) is 6.46. The first-order chi connectivity index (χ1) is 16.8. The fraction of sp³-hybridized carbons (Fsp3) is 0.355. The molecule has 0 unspecified atom stereocenters. The van der Waals surface area contributed by atoms with Crippen molar-refractivity contribution >= 4 is 23.2 Å². The van der Waals surface area contributed by atoms with Gasteiger partial charge in [0.15, 0.2) is 6.29 Å². The molecule has 3 aromatic rings. The Kier molecular flexibility index (Phi) is 11.5. The summed E-state index contributed by atoms with van der Waals surface area (Å²) in [6, 6.07) is 33.5. The lowest BCUT2D eigenvalue weighted by Gasteiger charge is -2.27. The first-order valence-electron chi connectivity index (χ1n) is 12.6. The van der Waals surface area contributed by atoms with Crippen LogP contribution in [0.15, 0.2) is 103 Å². The molecule has 0 atom stereocenters. The van der Waals surface area contributed by atoms with E-state index in [2.05, 4.69) is 103 Å². The second kappa shape index (κ2) is 14.9. The van der Waals surface area contributed by atoms with Gasteiger partial charge in [0.2, 0.25) is 0 Å². The number of hydrogen-bond donors (Lipinski definition) is 0. The largest absolute Gasteiger partial charge is 0.356 e. The van der Waals surface area contributed by atoms with E-state index in [9.17, 15) is 0 Å². The van der Waals surface area contributed by atoms with Crippen LogP contribution in [0.2, 0.25) is 0 Å². The smallest absolute Gasteiger partial charge is 0.156 e. The van der Waals surface area contributed by atoms with Crippen molar-refractivity contribution in [2.24, 2.45) is 0 Å². The lowest BCUT2D eigenvalue weighted by Crippen LogP contribution is -2.33. The van der Waals surface area contributed by atoms with Crippen molar-refractivity contribution in [3.63, 3.8) is 0 Å². The van der Waals surface area contributed by atoms with Crippen LogP contribution in [-0.4, -0.2) is 26.7 Å². The van der Waals surface area contributed by atoms with Gasteiger partial charge in [0.1, 0.15) is 23.2 Å². The Balaban J connectivity index is 1.63. The number of methoxy groups -OCH3 is 2. The molecule has 0 fully saturated rings. The summed E-state index contributed by atoms with van der Waals surface area (Å²) < 4.78 is 10.5. The van der Waals surface area contributed by atoms with Crippen molar-refractivity contribution in [3.8, 4) is 0 Å². The Morgan fingerprint density at radius 1 is 0.588 bits per heavy atom. The summed E-state index contributed by atoms with van der Waals surface area (Å²) in [4.78, 5) is 0. The number of rotatable bonds is 15. The predicted octanol–water partition coefficient (Wildman–Crippen LogP) is 6.89. The minimum absolute atomic E-state index is 0.0574. The number of allylic oxidation sites excluding steroid dienone is 2. The molecule has 0 aromatic heterocycles. The van der Waals surface area contributed by atoms with Crippen LogP contribution in [0.4, 0.5) is 0 Å². The molecule has 2 nitrogen and oxygen atoms in total. The Morgan fingerprint density at radius 3 is 1.47 bits per heavy atom. The number of benzene rings is 3. The number of ether oxygens (including phenoxy) is 2. The minimum atomic E-state index is -1.70. The van der Waals surface area contributed by atoms with Crippen molar-refractivity contribution in [2.45, 2.75) is 51.2 Å². The van der Waals surface area contributed by atoms with E-state index in [-0.39, 0.29) is 6.29 Å². The normalized spacial score (nSPS) is 12.0. The van der Waals surface area contributed by atoms with Gasteiger partial charge >= 0.3 is 0 Å². The van der Waals surface area contributed by atoms with Gasteiger partial charge in [0, 0.05) is 14.2 Å². The molecule has 0 heterocycles. The summed E-state index contributed by atoms with van der Waals surface area (Å²) in [6.07, 6.45) is 13.9. The molecule has 0 amide bonds. The zero-order valence-electron chi connectivity index (χ0n) is 20.8. The molecule has 3 rings (SSSR count). The average Bonchev–Trinajstić information content (AvgIpc) is 2.91. The van der Waals surface area contributed by atoms with Crippen molar-refractivity contribution in [2.75, 3.05) is 20.4 Å². The van der Waals surface area contributed by atoms with Crippen LogP contribution in [-0.2, 0) is 9.47 Å². The van der Waals surface area contributed by atoms with Gasteiger partial charge in [-0.1, -0.05) is 73.2 Å². The molecule has 0 N–H and O–H groups in total. The second-order valence-corrected chi connectivity index (χ2v) is 12.3. The van der Waals surface area contributed by atoms with Crippen LogP contribution >= 0.6 is 7.26 Å². The van der Waals surface area contributed by atoms with Gasteiger partial charge in [0.25, 0.3) is 0 Å². The fourth-order valence-corrected chi connectivity index (χ4v) is 9.02. The van der Waals surface area contributed by atoms with Crippen LogP contribution in [0.5, 0.6) is 0 Å². The fourth-order valence-electron chi connectivity index (χ4n) is 4.65.